The van der Waals surface area contributed by atoms with E-state index in [-0.39, 0.29) is 17.4 Å². The molecule has 2 N–H and O–H groups in total. The van der Waals surface area contributed by atoms with Gasteiger partial charge in [-0.2, -0.15) is 5.26 Å². The molecule has 0 saturated carbocycles. The minimum atomic E-state index is -0.588. The number of carbonyl (C=O) groups is 1. The summed E-state index contributed by atoms with van der Waals surface area (Å²) >= 11 is 2.89. The van der Waals surface area contributed by atoms with Gasteiger partial charge < -0.3 is 19.7 Å². The third kappa shape index (κ3) is 4.09. The number of rotatable bonds is 2. The maximum absolute atomic E-state index is 12.3. The van der Waals surface area contributed by atoms with Crippen LogP contribution in [-0.2, 0) is 4.74 Å². The van der Waals surface area contributed by atoms with E-state index in [1.54, 1.807) is 22.3 Å². The molecule has 0 saturated heterocycles. The maximum Gasteiger partial charge on any atom is 0.410 e. The smallest absolute Gasteiger partial charge is 0.410 e. The van der Waals surface area contributed by atoms with Gasteiger partial charge in [-0.3, -0.25) is 4.79 Å². The van der Waals surface area contributed by atoms with Crippen LogP contribution in [0.15, 0.2) is 28.4 Å². The fraction of sp³-hybridized carbons (Fsp3) is 0.318. The van der Waals surface area contributed by atoms with Crippen molar-refractivity contribution < 1.29 is 14.6 Å². The van der Waals surface area contributed by atoms with E-state index in [1.807, 2.05) is 44.4 Å². The van der Waals surface area contributed by atoms with Gasteiger partial charge in [0.2, 0.25) is 0 Å². The number of thiophene rings is 2. The van der Waals surface area contributed by atoms with Crippen molar-refractivity contribution in [1.82, 2.24) is 9.88 Å². The molecule has 0 aromatic carbocycles. The third-order valence-electron chi connectivity index (χ3n) is 4.88. The predicted octanol–water partition coefficient (Wildman–Crippen LogP) is 4.92. The highest BCUT2D eigenvalue weighted by atomic mass is 32.1. The van der Waals surface area contributed by atoms with Crippen LogP contribution in [-0.4, -0.2) is 39.8 Å². The summed E-state index contributed by atoms with van der Waals surface area (Å²) < 4.78 is 5.44. The molecule has 1 amide bonds. The van der Waals surface area contributed by atoms with E-state index in [0.29, 0.717) is 23.3 Å². The van der Waals surface area contributed by atoms with Crippen LogP contribution in [0.5, 0.6) is 5.75 Å². The predicted molar refractivity (Wildman–Crippen MR) is 123 cm³/mol. The van der Waals surface area contributed by atoms with Crippen molar-refractivity contribution in [2.24, 2.45) is 0 Å². The molecule has 0 spiro atoms. The van der Waals surface area contributed by atoms with Gasteiger partial charge in [-0.15, -0.1) is 22.7 Å². The van der Waals surface area contributed by atoms with Crippen LogP contribution >= 0.6 is 22.7 Å². The molecule has 0 fully saturated rings. The fourth-order valence-corrected chi connectivity index (χ4v) is 5.54. The highest BCUT2D eigenvalue weighted by molar-refractivity contribution is 7.19. The number of carbonyl (C=O) groups excluding carboxylic acids is 1. The fourth-order valence-electron chi connectivity index (χ4n) is 3.41. The summed E-state index contributed by atoms with van der Waals surface area (Å²) in [6.45, 7) is 6.63. The van der Waals surface area contributed by atoms with Crippen LogP contribution in [0, 0.1) is 11.3 Å². The largest absolute Gasteiger partial charge is 0.506 e. The lowest BCUT2D eigenvalue weighted by molar-refractivity contribution is 0.0270. The first-order chi connectivity index (χ1) is 14.7. The van der Waals surface area contributed by atoms with Crippen LogP contribution < -0.4 is 5.56 Å². The standard InChI is InChI=1S/C22H21N3O4S2/c1-22(2,3)29-21(28)25-8-6-12(7-9-25)15-4-5-16(31-15)14-11-30-20-17(14)18(26)13(10-23)19(27)24-20/h4-6,11H,7-9H2,1-3H3,(H2,24,26,27). The summed E-state index contributed by atoms with van der Waals surface area (Å²) in [4.78, 5) is 31.1. The number of hydrogen-bond donors (Lipinski definition) is 2. The second-order valence-electron chi connectivity index (χ2n) is 8.21. The Morgan fingerprint density at radius 2 is 2.06 bits per heavy atom. The van der Waals surface area contributed by atoms with Gasteiger partial charge in [0.15, 0.2) is 5.56 Å². The second-order valence-corrected chi connectivity index (χ2v) is 10.2. The van der Waals surface area contributed by atoms with E-state index in [4.69, 9.17) is 4.74 Å². The SMILES string of the molecule is CC(C)(C)OC(=O)N1CC=C(c2ccc(-c3csc4[nH]c(=O)c(C#N)c(O)c34)s2)CC1. The van der Waals surface area contributed by atoms with Gasteiger partial charge in [0, 0.05) is 33.8 Å². The first-order valence-corrected chi connectivity index (χ1v) is 11.4. The van der Waals surface area contributed by atoms with Crippen LogP contribution in [0.1, 0.15) is 37.6 Å². The number of pyridine rings is 1. The molecule has 0 bridgehead atoms. The number of fused-ring (bicyclic) bond motifs is 1. The lowest BCUT2D eigenvalue weighted by Gasteiger charge is -2.29. The number of amides is 1. The van der Waals surface area contributed by atoms with E-state index in [2.05, 4.69) is 4.98 Å². The zero-order valence-electron chi connectivity index (χ0n) is 17.3. The van der Waals surface area contributed by atoms with Gasteiger partial charge in [0.25, 0.3) is 5.56 Å². The third-order valence-corrected chi connectivity index (χ3v) is 6.97. The average molecular weight is 456 g/mol. The monoisotopic (exact) mass is 455 g/mol. The highest BCUT2D eigenvalue weighted by Crippen LogP contribution is 2.42. The highest BCUT2D eigenvalue weighted by Gasteiger charge is 2.25. The zero-order valence-corrected chi connectivity index (χ0v) is 18.9. The zero-order chi connectivity index (χ0) is 22.3. The van der Waals surface area contributed by atoms with Gasteiger partial charge in [-0.05, 0) is 44.9 Å². The van der Waals surface area contributed by atoms with E-state index in [9.17, 15) is 20.0 Å². The number of aromatic nitrogens is 1. The number of ether oxygens (including phenoxy) is 1. The van der Waals surface area contributed by atoms with Crippen LogP contribution in [0.4, 0.5) is 4.79 Å². The van der Waals surface area contributed by atoms with Gasteiger partial charge in [0.05, 0.1) is 5.39 Å². The van der Waals surface area contributed by atoms with Crippen LogP contribution in [0.3, 0.4) is 0 Å². The Morgan fingerprint density at radius 1 is 1.32 bits per heavy atom. The van der Waals surface area contributed by atoms with Crippen LogP contribution in [0.2, 0.25) is 0 Å². The first-order valence-electron chi connectivity index (χ1n) is 9.72. The lowest BCUT2D eigenvalue weighted by Crippen LogP contribution is -2.39. The minimum absolute atomic E-state index is 0.277. The summed E-state index contributed by atoms with van der Waals surface area (Å²) in [5.41, 5.74) is 0.559. The topological polar surface area (TPSA) is 106 Å². The quantitative estimate of drug-likeness (QED) is 0.570. The molecule has 160 valence electrons. The number of aromatic hydroxyl groups is 1. The van der Waals surface area contributed by atoms with Gasteiger partial charge >= 0.3 is 6.09 Å². The van der Waals surface area contributed by atoms with Crippen molar-refractivity contribution in [1.29, 1.82) is 5.26 Å². The van der Waals surface area contributed by atoms with Gasteiger partial charge in [-0.1, -0.05) is 6.08 Å². The Bertz CT molecular complexity index is 1300. The molecule has 0 aliphatic carbocycles. The molecule has 7 nitrogen and oxygen atoms in total. The number of hydrogen-bond acceptors (Lipinski definition) is 7. The normalized spacial score (nSPS) is 14.4. The molecule has 1 aliphatic rings. The van der Waals surface area contributed by atoms with Crippen molar-refractivity contribution in [3.8, 4) is 22.3 Å². The lowest BCUT2D eigenvalue weighted by atomic mass is 10.1. The van der Waals surface area contributed by atoms with Crippen LogP contribution in [0.25, 0.3) is 26.2 Å². The van der Waals surface area contributed by atoms with Crippen molar-refractivity contribution in [2.75, 3.05) is 13.1 Å². The number of nitriles is 1. The molecule has 0 unspecified atom stereocenters. The van der Waals surface area contributed by atoms with E-state index in [1.165, 1.54) is 11.3 Å². The molecule has 0 atom stereocenters. The van der Waals surface area contributed by atoms with E-state index in [0.717, 1.165) is 27.3 Å². The molecule has 31 heavy (non-hydrogen) atoms. The minimum Gasteiger partial charge on any atom is -0.506 e. The number of nitrogens with one attached hydrogen (secondary N) is 1. The summed E-state index contributed by atoms with van der Waals surface area (Å²) in [6, 6.07) is 5.76. The molecular formula is C22H21N3O4S2. The molecule has 1 aliphatic heterocycles. The van der Waals surface area contributed by atoms with E-state index >= 15 is 0 Å². The second kappa shape index (κ2) is 7.87. The molecular weight excluding hydrogens is 434 g/mol. The summed E-state index contributed by atoms with van der Waals surface area (Å²) in [7, 11) is 0. The first kappa shape index (κ1) is 21.2. The van der Waals surface area contributed by atoms with E-state index < -0.39 is 11.2 Å². The molecule has 9 heteroatoms. The number of nitrogens with zero attached hydrogens (tertiary/aromatic N) is 2. The van der Waals surface area contributed by atoms with Gasteiger partial charge in [-0.25, -0.2) is 4.79 Å². The number of H-pyrrole nitrogens is 1. The average Bonchev–Trinajstić information content (AvgIpc) is 3.34. The van der Waals surface area contributed by atoms with Crippen molar-refractivity contribution in [2.45, 2.75) is 32.8 Å². The van der Waals surface area contributed by atoms with Crippen molar-refractivity contribution >= 4 is 44.6 Å². The Hall–Kier alpha value is -3.09. The summed E-state index contributed by atoms with van der Waals surface area (Å²) in [5.74, 6) is -0.280. The molecule has 4 rings (SSSR count). The Labute approximate surface area is 186 Å². The maximum atomic E-state index is 12.3. The van der Waals surface area contributed by atoms with Crippen molar-refractivity contribution in [3.63, 3.8) is 0 Å². The van der Waals surface area contributed by atoms with Gasteiger partial charge in [0.1, 0.15) is 22.3 Å². The molecule has 4 heterocycles. The number of aromatic amines is 1. The Balaban J connectivity index is 1.60. The molecule has 3 aromatic rings. The molecule has 0 radical (unpaired) electrons. The Kier molecular flexibility index (Phi) is 5.37. The Morgan fingerprint density at radius 3 is 2.71 bits per heavy atom. The summed E-state index contributed by atoms with van der Waals surface area (Å²) in [5, 5.41) is 22.0. The van der Waals surface area contributed by atoms with Crippen molar-refractivity contribution in [3.05, 3.63) is 44.4 Å². The molecule has 3 aromatic heterocycles. The summed E-state index contributed by atoms with van der Waals surface area (Å²) in [6.07, 6.45) is 2.45.